The summed E-state index contributed by atoms with van der Waals surface area (Å²) >= 11 is 1.49. The zero-order valence-corrected chi connectivity index (χ0v) is 8.49. The number of nitrogens with zero attached hydrogens (tertiary/aromatic N) is 2. The summed E-state index contributed by atoms with van der Waals surface area (Å²) in [5.41, 5.74) is 0.815. The van der Waals surface area contributed by atoms with Gasteiger partial charge in [0, 0.05) is 11.6 Å². The third-order valence-corrected chi connectivity index (χ3v) is 2.76. The highest BCUT2D eigenvalue weighted by Crippen LogP contribution is 2.24. The predicted octanol–water partition coefficient (Wildman–Crippen LogP) is 1.56. The van der Waals surface area contributed by atoms with Crippen molar-refractivity contribution in [2.45, 2.75) is 12.8 Å². The zero-order chi connectivity index (χ0) is 9.97. The maximum Gasteiger partial charge on any atom is 0.206 e. The Balaban J connectivity index is 2.31. The number of aliphatic hydroxyl groups excluding tert-OH is 1. The molecule has 2 aromatic rings. The number of hydrogen-bond donors (Lipinski definition) is 1. The second kappa shape index (κ2) is 3.89. The second-order valence-electron chi connectivity index (χ2n) is 2.93. The molecule has 0 fully saturated rings. The number of thiazole rings is 1. The molecule has 0 bridgehead atoms. The third-order valence-electron chi connectivity index (χ3n) is 1.87. The number of aromatic nitrogens is 2. The highest BCUT2D eigenvalue weighted by Gasteiger charge is 2.20. The van der Waals surface area contributed by atoms with Crippen molar-refractivity contribution in [1.82, 2.24) is 9.97 Å². The van der Waals surface area contributed by atoms with E-state index in [-0.39, 0.29) is 12.5 Å². The van der Waals surface area contributed by atoms with Crippen molar-refractivity contribution < 1.29 is 9.52 Å². The van der Waals surface area contributed by atoms with Crippen molar-refractivity contribution in [2.75, 3.05) is 6.61 Å². The van der Waals surface area contributed by atoms with Gasteiger partial charge in [0.05, 0.1) is 12.3 Å². The minimum atomic E-state index is -0.233. The van der Waals surface area contributed by atoms with E-state index in [0.717, 1.165) is 10.7 Å². The molecule has 74 valence electrons. The van der Waals surface area contributed by atoms with E-state index < -0.39 is 0 Å². The van der Waals surface area contributed by atoms with E-state index in [9.17, 15) is 5.11 Å². The van der Waals surface area contributed by atoms with Gasteiger partial charge in [0.15, 0.2) is 0 Å². The van der Waals surface area contributed by atoms with Crippen LogP contribution in [0.15, 0.2) is 22.3 Å². The van der Waals surface area contributed by atoms with Crippen LogP contribution >= 0.6 is 11.3 Å². The highest BCUT2D eigenvalue weighted by molar-refractivity contribution is 7.09. The number of hydrogen-bond acceptors (Lipinski definition) is 5. The van der Waals surface area contributed by atoms with E-state index in [0.29, 0.717) is 5.89 Å². The minimum absolute atomic E-state index is 0.0343. The van der Waals surface area contributed by atoms with Gasteiger partial charge >= 0.3 is 0 Å². The summed E-state index contributed by atoms with van der Waals surface area (Å²) in [6.07, 6.45) is 3.28. The molecule has 14 heavy (non-hydrogen) atoms. The van der Waals surface area contributed by atoms with Crippen LogP contribution in [0.1, 0.15) is 22.5 Å². The molecular weight excluding hydrogens is 200 g/mol. The molecule has 0 spiro atoms. The Morgan fingerprint density at radius 3 is 3.00 bits per heavy atom. The molecule has 0 saturated carbocycles. The summed E-state index contributed by atoms with van der Waals surface area (Å²) < 4.78 is 5.24. The first-order valence-corrected chi connectivity index (χ1v) is 5.11. The number of rotatable bonds is 3. The van der Waals surface area contributed by atoms with Crippen LogP contribution in [0.25, 0.3) is 0 Å². The molecule has 1 atom stereocenters. The van der Waals surface area contributed by atoms with Crippen molar-refractivity contribution in [3.63, 3.8) is 0 Å². The standard InChI is InChI=1S/C9H10N2O2S/c1-6-5-13-8(11-6)7(4-12)9-10-2-3-14-9/h2-3,5,7,12H,4H2,1H3. The normalized spacial score (nSPS) is 13.0. The van der Waals surface area contributed by atoms with Crippen LogP contribution in [0.2, 0.25) is 0 Å². The van der Waals surface area contributed by atoms with Gasteiger partial charge in [-0.3, -0.25) is 0 Å². The third kappa shape index (κ3) is 1.69. The van der Waals surface area contributed by atoms with Crippen molar-refractivity contribution in [3.8, 4) is 0 Å². The summed E-state index contributed by atoms with van der Waals surface area (Å²) in [4.78, 5) is 8.31. The van der Waals surface area contributed by atoms with Crippen molar-refractivity contribution >= 4 is 11.3 Å². The van der Waals surface area contributed by atoms with Gasteiger partial charge in [-0.05, 0) is 6.92 Å². The lowest BCUT2D eigenvalue weighted by Crippen LogP contribution is -2.05. The molecule has 0 radical (unpaired) electrons. The summed E-state index contributed by atoms with van der Waals surface area (Å²) in [5.74, 6) is 0.295. The van der Waals surface area contributed by atoms with Gasteiger partial charge in [0.2, 0.25) is 5.89 Å². The summed E-state index contributed by atoms with van der Waals surface area (Å²) in [5, 5.41) is 11.9. The quantitative estimate of drug-likeness (QED) is 0.835. The van der Waals surface area contributed by atoms with E-state index in [1.54, 1.807) is 12.5 Å². The van der Waals surface area contributed by atoms with E-state index in [2.05, 4.69) is 9.97 Å². The van der Waals surface area contributed by atoms with Gasteiger partial charge in [-0.25, -0.2) is 9.97 Å². The SMILES string of the molecule is Cc1coc(C(CO)c2nccs2)n1. The molecule has 1 N–H and O–H groups in total. The Hall–Kier alpha value is -1.20. The first-order valence-electron chi connectivity index (χ1n) is 4.23. The van der Waals surface area contributed by atoms with Crippen LogP contribution in [0.3, 0.4) is 0 Å². The van der Waals surface area contributed by atoms with Crippen LogP contribution < -0.4 is 0 Å². The van der Waals surface area contributed by atoms with E-state index in [4.69, 9.17) is 4.42 Å². The lowest BCUT2D eigenvalue weighted by molar-refractivity contribution is 0.262. The first-order chi connectivity index (χ1) is 6.81. The van der Waals surface area contributed by atoms with Gasteiger partial charge in [-0.2, -0.15) is 0 Å². The second-order valence-corrected chi connectivity index (χ2v) is 3.86. The molecule has 0 aliphatic heterocycles. The molecule has 1 unspecified atom stereocenters. The van der Waals surface area contributed by atoms with Crippen LogP contribution in [-0.2, 0) is 0 Å². The van der Waals surface area contributed by atoms with Gasteiger partial charge in [0.25, 0.3) is 0 Å². The largest absolute Gasteiger partial charge is 0.448 e. The molecule has 0 saturated heterocycles. The number of aliphatic hydroxyl groups is 1. The van der Waals surface area contributed by atoms with Crippen molar-refractivity contribution in [2.24, 2.45) is 0 Å². The average Bonchev–Trinajstić information content (AvgIpc) is 2.79. The highest BCUT2D eigenvalue weighted by atomic mass is 32.1. The molecule has 4 nitrogen and oxygen atoms in total. The van der Waals surface area contributed by atoms with Gasteiger partial charge in [-0.1, -0.05) is 0 Å². The zero-order valence-electron chi connectivity index (χ0n) is 7.67. The Kier molecular flexibility index (Phi) is 2.60. The molecule has 0 aromatic carbocycles. The summed E-state index contributed by atoms with van der Waals surface area (Å²) in [6, 6.07) is 0. The number of oxazole rings is 1. The number of aryl methyl sites for hydroxylation is 1. The lowest BCUT2D eigenvalue weighted by atomic mass is 10.2. The van der Waals surface area contributed by atoms with E-state index in [1.165, 1.54) is 11.3 Å². The summed E-state index contributed by atoms with van der Waals surface area (Å²) in [6.45, 7) is 1.82. The first kappa shape index (κ1) is 9.36. The fourth-order valence-electron chi connectivity index (χ4n) is 1.20. The molecule has 2 rings (SSSR count). The predicted molar refractivity (Wildman–Crippen MR) is 52.3 cm³/mol. The smallest absolute Gasteiger partial charge is 0.206 e. The van der Waals surface area contributed by atoms with E-state index in [1.807, 2.05) is 12.3 Å². The minimum Gasteiger partial charge on any atom is -0.448 e. The Labute approximate surface area is 85.3 Å². The summed E-state index contributed by atoms with van der Waals surface area (Å²) in [7, 11) is 0. The molecular formula is C9H10N2O2S. The monoisotopic (exact) mass is 210 g/mol. The molecule has 0 aliphatic carbocycles. The molecule has 0 aliphatic rings. The Bertz CT molecular complexity index is 397. The van der Waals surface area contributed by atoms with Crippen molar-refractivity contribution in [3.05, 3.63) is 34.4 Å². The topological polar surface area (TPSA) is 59.2 Å². The molecule has 5 heteroatoms. The van der Waals surface area contributed by atoms with Gasteiger partial charge < -0.3 is 9.52 Å². The van der Waals surface area contributed by atoms with Crippen LogP contribution in [-0.4, -0.2) is 21.7 Å². The average molecular weight is 210 g/mol. The fraction of sp³-hybridized carbons (Fsp3) is 0.333. The van der Waals surface area contributed by atoms with Gasteiger partial charge in [0.1, 0.15) is 17.2 Å². The molecule has 2 aromatic heterocycles. The van der Waals surface area contributed by atoms with Crippen LogP contribution in [0.5, 0.6) is 0 Å². The van der Waals surface area contributed by atoms with Crippen molar-refractivity contribution in [1.29, 1.82) is 0 Å². The lowest BCUT2D eigenvalue weighted by Gasteiger charge is -2.05. The maximum atomic E-state index is 9.23. The molecule has 0 amide bonds. The Morgan fingerprint density at radius 1 is 1.64 bits per heavy atom. The Morgan fingerprint density at radius 2 is 2.50 bits per heavy atom. The van der Waals surface area contributed by atoms with Crippen LogP contribution in [0, 0.1) is 6.92 Å². The van der Waals surface area contributed by atoms with Gasteiger partial charge in [-0.15, -0.1) is 11.3 Å². The van der Waals surface area contributed by atoms with E-state index >= 15 is 0 Å². The van der Waals surface area contributed by atoms with Crippen LogP contribution in [0.4, 0.5) is 0 Å². The fourth-order valence-corrected chi connectivity index (χ4v) is 1.92. The maximum absolute atomic E-state index is 9.23. The molecule has 2 heterocycles.